The van der Waals surface area contributed by atoms with Gasteiger partial charge in [-0.05, 0) is 48.5 Å². The second-order valence-electron chi connectivity index (χ2n) is 7.19. The van der Waals surface area contributed by atoms with E-state index < -0.39 is 5.97 Å². The fourth-order valence-electron chi connectivity index (χ4n) is 3.31. The van der Waals surface area contributed by atoms with Gasteiger partial charge < -0.3 is 19.4 Å². The highest BCUT2D eigenvalue weighted by atomic mass is 35.5. The van der Waals surface area contributed by atoms with E-state index in [2.05, 4.69) is 10.3 Å². The third kappa shape index (κ3) is 4.94. The number of nitrogens with zero attached hydrogens (tertiary/aromatic N) is 2. The molecular formula is C24H19Cl2N3O4. The molecular weight excluding hydrogens is 465 g/mol. The van der Waals surface area contributed by atoms with Crippen molar-refractivity contribution in [3.05, 3.63) is 82.1 Å². The number of rotatable bonds is 7. The monoisotopic (exact) mass is 483 g/mol. The minimum absolute atomic E-state index is 0.0764. The zero-order chi connectivity index (χ0) is 23.5. The first kappa shape index (κ1) is 22.6. The molecule has 0 aliphatic rings. The zero-order valence-corrected chi connectivity index (χ0v) is 19.3. The maximum Gasteiger partial charge on any atom is 0.354 e. The Kier molecular flexibility index (Phi) is 6.53. The lowest BCUT2D eigenvalue weighted by molar-refractivity contribution is 0.0590. The van der Waals surface area contributed by atoms with Crippen LogP contribution in [0, 0.1) is 0 Å². The molecule has 0 bridgehead atoms. The highest BCUT2D eigenvalue weighted by Crippen LogP contribution is 2.27. The molecule has 0 unspecified atom stereocenters. The van der Waals surface area contributed by atoms with E-state index in [1.807, 2.05) is 12.1 Å². The normalized spacial score (nSPS) is 10.8. The van der Waals surface area contributed by atoms with Gasteiger partial charge in [0, 0.05) is 29.6 Å². The molecule has 168 valence electrons. The lowest BCUT2D eigenvalue weighted by Crippen LogP contribution is -2.14. The van der Waals surface area contributed by atoms with Crippen molar-refractivity contribution in [2.75, 3.05) is 19.0 Å². The first-order chi connectivity index (χ1) is 15.9. The van der Waals surface area contributed by atoms with E-state index in [0.29, 0.717) is 38.6 Å². The van der Waals surface area contributed by atoms with Gasteiger partial charge in [-0.15, -0.1) is 0 Å². The Morgan fingerprint density at radius 3 is 2.55 bits per heavy atom. The van der Waals surface area contributed by atoms with Crippen molar-refractivity contribution in [3.63, 3.8) is 0 Å². The molecule has 2 aromatic heterocycles. The summed E-state index contributed by atoms with van der Waals surface area (Å²) in [5.74, 6) is 0.433. The number of halogens is 2. The Morgan fingerprint density at radius 2 is 1.85 bits per heavy atom. The molecule has 0 fully saturated rings. The van der Waals surface area contributed by atoms with E-state index in [9.17, 15) is 9.59 Å². The van der Waals surface area contributed by atoms with Crippen LogP contribution < -0.4 is 10.1 Å². The molecule has 7 nitrogen and oxygen atoms in total. The van der Waals surface area contributed by atoms with Crippen LogP contribution in [0.2, 0.25) is 10.0 Å². The van der Waals surface area contributed by atoms with Crippen molar-refractivity contribution in [1.29, 1.82) is 0 Å². The van der Waals surface area contributed by atoms with Crippen molar-refractivity contribution in [3.8, 4) is 11.6 Å². The van der Waals surface area contributed by atoms with E-state index in [1.54, 1.807) is 60.3 Å². The summed E-state index contributed by atoms with van der Waals surface area (Å²) in [7, 11) is 3.15. The predicted octanol–water partition coefficient (Wildman–Crippen LogP) is 5.75. The van der Waals surface area contributed by atoms with Crippen molar-refractivity contribution < 1.29 is 19.1 Å². The molecule has 0 saturated heterocycles. The van der Waals surface area contributed by atoms with Crippen molar-refractivity contribution in [1.82, 2.24) is 9.55 Å². The lowest BCUT2D eigenvalue weighted by Gasteiger charge is -2.08. The maximum atomic E-state index is 12.3. The molecule has 4 rings (SSSR count). The summed E-state index contributed by atoms with van der Waals surface area (Å²) in [6.07, 6.45) is 1.58. The van der Waals surface area contributed by atoms with Gasteiger partial charge in [-0.25, -0.2) is 9.78 Å². The van der Waals surface area contributed by atoms with Crippen LogP contribution in [0.3, 0.4) is 0 Å². The fourth-order valence-corrected chi connectivity index (χ4v) is 3.61. The largest absolute Gasteiger partial charge is 0.464 e. The summed E-state index contributed by atoms with van der Waals surface area (Å²) in [4.78, 5) is 28.5. The van der Waals surface area contributed by atoms with Crippen LogP contribution in [0.25, 0.3) is 10.9 Å². The van der Waals surface area contributed by atoms with Crippen LogP contribution in [-0.4, -0.2) is 35.0 Å². The van der Waals surface area contributed by atoms with Gasteiger partial charge in [0.2, 0.25) is 5.88 Å². The standard InChI is InChI=1S/C24H19Cl2N3O4/c1-29-20-7-5-17(9-15(20)11-21(29)24(31)32-2)33-23-8-4-16(12-28-23)27-13-22(30)14-3-6-18(25)19(26)10-14/h3-12,27H,13H2,1-2H3. The van der Waals surface area contributed by atoms with Crippen LogP contribution in [-0.2, 0) is 11.8 Å². The van der Waals surface area contributed by atoms with Crippen LogP contribution in [0.4, 0.5) is 5.69 Å². The van der Waals surface area contributed by atoms with E-state index in [0.717, 1.165) is 10.9 Å². The smallest absolute Gasteiger partial charge is 0.354 e. The van der Waals surface area contributed by atoms with Gasteiger partial charge in [0.1, 0.15) is 11.4 Å². The number of hydrogen-bond acceptors (Lipinski definition) is 6. The van der Waals surface area contributed by atoms with Gasteiger partial charge in [-0.3, -0.25) is 4.79 Å². The summed E-state index contributed by atoms with van der Waals surface area (Å²) in [5, 5.41) is 4.60. The lowest BCUT2D eigenvalue weighted by atomic mass is 10.1. The first-order valence-electron chi connectivity index (χ1n) is 9.89. The molecule has 9 heteroatoms. The number of nitrogens with one attached hydrogen (secondary N) is 1. The van der Waals surface area contributed by atoms with Gasteiger partial charge in [0.05, 0.1) is 35.6 Å². The molecule has 0 saturated carbocycles. The Bertz CT molecular complexity index is 1350. The minimum Gasteiger partial charge on any atom is -0.464 e. The first-order valence-corrected chi connectivity index (χ1v) is 10.6. The van der Waals surface area contributed by atoms with Crippen molar-refractivity contribution in [2.45, 2.75) is 0 Å². The van der Waals surface area contributed by atoms with E-state index in [1.165, 1.54) is 7.11 Å². The number of fused-ring (bicyclic) bond motifs is 1. The third-order valence-electron chi connectivity index (χ3n) is 5.06. The summed E-state index contributed by atoms with van der Waals surface area (Å²) < 4.78 is 12.4. The average Bonchev–Trinajstić information content (AvgIpc) is 3.15. The Balaban J connectivity index is 1.41. The molecule has 0 spiro atoms. The number of hydrogen-bond donors (Lipinski definition) is 1. The van der Waals surface area contributed by atoms with Crippen LogP contribution in [0.15, 0.2) is 60.8 Å². The quantitative estimate of drug-likeness (QED) is 0.266. The van der Waals surface area contributed by atoms with Crippen LogP contribution >= 0.6 is 23.2 Å². The maximum absolute atomic E-state index is 12.3. The van der Waals surface area contributed by atoms with Gasteiger partial charge in [-0.2, -0.15) is 0 Å². The van der Waals surface area contributed by atoms with E-state index in [4.69, 9.17) is 32.7 Å². The summed E-state index contributed by atoms with van der Waals surface area (Å²) >= 11 is 11.9. The SMILES string of the molecule is COC(=O)c1cc2cc(Oc3ccc(NCC(=O)c4ccc(Cl)c(Cl)c4)cn3)ccc2n1C. The molecule has 4 aromatic rings. The molecule has 0 atom stereocenters. The van der Waals surface area contributed by atoms with Gasteiger partial charge in [0.15, 0.2) is 5.78 Å². The van der Waals surface area contributed by atoms with Crippen molar-refractivity contribution in [2.24, 2.45) is 7.05 Å². The highest BCUT2D eigenvalue weighted by molar-refractivity contribution is 6.42. The second kappa shape index (κ2) is 9.52. The number of aryl methyl sites for hydroxylation is 1. The molecule has 0 aliphatic carbocycles. The predicted molar refractivity (Wildman–Crippen MR) is 128 cm³/mol. The number of aromatic nitrogens is 2. The number of ether oxygens (including phenoxy) is 2. The highest BCUT2D eigenvalue weighted by Gasteiger charge is 2.14. The zero-order valence-electron chi connectivity index (χ0n) is 17.8. The van der Waals surface area contributed by atoms with Crippen LogP contribution in [0.5, 0.6) is 11.6 Å². The summed E-state index contributed by atoms with van der Waals surface area (Å²) in [6.45, 7) is 0.0764. The number of anilines is 1. The number of pyridine rings is 1. The van der Waals surface area contributed by atoms with Crippen molar-refractivity contribution >= 4 is 51.5 Å². The number of Topliss-reactive ketones (excluding diaryl/α,β-unsaturated/α-hetero) is 1. The second-order valence-corrected chi connectivity index (χ2v) is 8.01. The number of benzene rings is 2. The molecule has 2 aromatic carbocycles. The number of esters is 1. The van der Waals surface area contributed by atoms with E-state index in [-0.39, 0.29) is 12.3 Å². The van der Waals surface area contributed by atoms with Gasteiger partial charge in [0.25, 0.3) is 0 Å². The minimum atomic E-state index is -0.404. The molecule has 1 N–H and O–H groups in total. The van der Waals surface area contributed by atoms with E-state index >= 15 is 0 Å². The molecule has 0 amide bonds. The molecule has 0 radical (unpaired) electrons. The Morgan fingerprint density at radius 1 is 1.03 bits per heavy atom. The summed E-state index contributed by atoms with van der Waals surface area (Å²) in [6, 6.07) is 15.5. The topological polar surface area (TPSA) is 82.4 Å². The van der Waals surface area contributed by atoms with Gasteiger partial charge in [-0.1, -0.05) is 23.2 Å². The third-order valence-corrected chi connectivity index (χ3v) is 5.80. The van der Waals surface area contributed by atoms with Gasteiger partial charge >= 0.3 is 5.97 Å². The summed E-state index contributed by atoms with van der Waals surface area (Å²) in [5.41, 5.74) is 2.46. The molecule has 0 aliphatic heterocycles. The number of ketones is 1. The number of methoxy groups -OCH3 is 1. The number of carbonyl (C=O) groups excluding carboxylic acids is 2. The average molecular weight is 484 g/mol. The fraction of sp³-hybridized carbons (Fsp3) is 0.125. The molecule has 33 heavy (non-hydrogen) atoms. The number of carbonyl (C=O) groups is 2. The molecule has 2 heterocycles. The Hall–Kier alpha value is -3.55. The van der Waals surface area contributed by atoms with Crippen LogP contribution in [0.1, 0.15) is 20.8 Å². The Labute approximate surface area is 199 Å².